The van der Waals surface area contributed by atoms with E-state index in [0.29, 0.717) is 23.6 Å². The van der Waals surface area contributed by atoms with Gasteiger partial charge in [-0.3, -0.25) is 0 Å². The molecule has 3 N–H and O–H groups in total. The molecule has 0 aliphatic heterocycles. The molecule has 0 spiro atoms. The van der Waals surface area contributed by atoms with Gasteiger partial charge in [0.2, 0.25) is 0 Å². The van der Waals surface area contributed by atoms with Crippen molar-refractivity contribution in [3.63, 3.8) is 0 Å². The van der Waals surface area contributed by atoms with E-state index in [1.807, 2.05) is 7.11 Å². The number of nitrogens with two attached hydrogens (primary N) is 1. The van der Waals surface area contributed by atoms with Crippen LogP contribution in [0.2, 0.25) is 0 Å². The first-order valence-electron chi connectivity index (χ1n) is 7.05. The molecular weight excluding hydrogens is 212 g/mol. The first-order chi connectivity index (χ1) is 8.04. The molecule has 2 unspecified atom stereocenters. The largest absolute Gasteiger partial charge is 0.381 e. The van der Waals surface area contributed by atoms with E-state index < -0.39 is 0 Å². The van der Waals surface area contributed by atoms with Crippen LogP contribution in [0.25, 0.3) is 0 Å². The van der Waals surface area contributed by atoms with Gasteiger partial charge in [0.15, 0.2) is 0 Å². The Kier molecular flexibility index (Phi) is 4.11. The highest BCUT2D eigenvalue weighted by Gasteiger charge is 2.48. The summed E-state index contributed by atoms with van der Waals surface area (Å²) < 4.78 is 5.48. The van der Waals surface area contributed by atoms with Crippen LogP contribution >= 0.6 is 0 Å². The van der Waals surface area contributed by atoms with E-state index in [1.54, 1.807) is 0 Å². The normalized spacial score (nSPS) is 40.9. The third kappa shape index (κ3) is 2.83. The summed E-state index contributed by atoms with van der Waals surface area (Å²) >= 11 is 0. The number of nitrogens with one attached hydrogen (secondary N) is 1. The Labute approximate surface area is 105 Å². The molecule has 0 amide bonds. The van der Waals surface area contributed by atoms with E-state index in [4.69, 9.17) is 10.5 Å². The van der Waals surface area contributed by atoms with E-state index in [1.165, 1.54) is 25.7 Å². The van der Waals surface area contributed by atoms with Gasteiger partial charge < -0.3 is 15.8 Å². The molecule has 0 heterocycles. The lowest BCUT2D eigenvalue weighted by Crippen LogP contribution is -2.61. The summed E-state index contributed by atoms with van der Waals surface area (Å²) in [5.41, 5.74) is 6.22. The highest BCUT2D eigenvalue weighted by atomic mass is 16.5. The molecule has 0 radical (unpaired) electrons. The van der Waals surface area contributed by atoms with Crippen molar-refractivity contribution in [3.05, 3.63) is 0 Å². The van der Waals surface area contributed by atoms with Crippen LogP contribution in [0.15, 0.2) is 0 Å². The van der Waals surface area contributed by atoms with E-state index in [-0.39, 0.29) is 0 Å². The van der Waals surface area contributed by atoms with Crippen molar-refractivity contribution in [2.75, 3.05) is 13.7 Å². The maximum Gasteiger partial charge on any atom is 0.0652 e. The van der Waals surface area contributed by atoms with Crippen LogP contribution in [0.5, 0.6) is 0 Å². The first kappa shape index (κ1) is 13.3. The van der Waals surface area contributed by atoms with Gasteiger partial charge in [-0.1, -0.05) is 13.8 Å². The second-order valence-corrected chi connectivity index (χ2v) is 6.52. The Hall–Kier alpha value is -0.120. The second-order valence-electron chi connectivity index (χ2n) is 6.52. The molecule has 2 aliphatic rings. The van der Waals surface area contributed by atoms with Crippen molar-refractivity contribution in [1.82, 2.24) is 5.32 Å². The van der Waals surface area contributed by atoms with E-state index >= 15 is 0 Å². The molecule has 2 aliphatic carbocycles. The SMILES string of the molecule is COC1CC(NCC2CCC(N)CC2)C1(C)C. The summed E-state index contributed by atoms with van der Waals surface area (Å²) in [4.78, 5) is 0. The highest BCUT2D eigenvalue weighted by Crippen LogP contribution is 2.42. The van der Waals surface area contributed by atoms with Crippen LogP contribution in [0.1, 0.15) is 46.0 Å². The van der Waals surface area contributed by atoms with E-state index in [0.717, 1.165) is 18.9 Å². The molecule has 17 heavy (non-hydrogen) atoms. The molecule has 0 bridgehead atoms. The summed E-state index contributed by atoms with van der Waals surface area (Å²) in [6, 6.07) is 1.09. The number of hydrogen-bond donors (Lipinski definition) is 2. The second kappa shape index (κ2) is 5.25. The summed E-state index contributed by atoms with van der Waals surface area (Å²) in [6.45, 7) is 5.77. The topological polar surface area (TPSA) is 47.3 Å². The van der Waals surface area contributed by atoms with Crippen LogP contribution in [0.3, 0.4) is 0 Å². The van der Waals surface area contributed by atoms with Gasteiger partial charge in [-0.25, -0.2) is 0 Å². The molecule has 2 fully saturated rings. The summed E-state index contributed by atoms with van der Waals surface area (Å²) in [5.74, 6) is 0.840. The highest BCUT2D eigenvalue weighted by molar-refractivity contribution is 5.02. The zero-order valence-electron chi connectivity index (χ0n) is 11.5. The molecule has 100 valence electrons. The molecule has 0 aromatic rings. The predicted molar refractivity (Wildman–Crippen MR) is 70.9 cm³/mol. The van der Waals surface area contributed by atoms with E-state index in [9.17, 15) is 0 Å². The Bertz CT molecular complexity index is 247. The van der Waals surface area contributed by atoms with Crippen LogP contribution in [0.4, 0.5) is 0 Å². The zero-order chi connectivity index (χ0) is 12.5. The van der Waals surface area contributed by atoms with Crippen molar-refractivity contribution in [1.29, 1.82) is 0 Å². The summed E-state index contributed by atoms with van der Waals surface area (Å²) in [7, 11) is 1.82. The summed E-state index contributed by atoms with van der Waals surface area (Å²) in [6.07, 6.45) is 6.61. The minimum absolute atomic E-state index is 0.291. The number of methoxy groups -OCH3 is 1. The van der Waals surface area contributed by atoms with Crippen LogP contribution in [0, 0.1) is 11.3 Å². The smallest absolute Gasteiger partial charge is 0.0652 e. The van der Waals surface area contributed by atoms with Crippen LogP contribution in [-0.2, 0) is 4.74 Å². The molecule has 2 rings (SSSR count). The maximum absolute atomic E-state index is 5.93. The maximum atomic E-state index is 5.93. The first-order valence-corrected chi connectivity index (χ1v) is 7.05. The molecule has 0 saturated heterocycles. The van der Waals surface area contributed by atoms with Gasteiger partial charge in [-0.2, -0.15) is 0 Å². The fourth-order valence-electron chi connectivity index (χ4n) is 3.33. The molecular formula is C14H28N2O. The van der Waals surface area contributed by atoms with Crippen molar-refractivity contribution in [3.8, 4) is 0 Å². The molecule has 0 aromatic heterocycles. The van der Waals surface area contributed by atoms with Crippen molar-refractivity contribution >= 4 is 0 Å². The minimum Gasteiger partial charge on any atom is -0.381 e. The molecule has 3 heteroatoms. The molecule has 0 aromatic carbocycles. The lowest BCUT2D eigenvalue weighted by Gasteiger charge is -2.52. The van der Waals surface area contributed by atoms with Crippen molar-refractivity contribution in [2.24, 2.45) is 17.1 Å². The average Bonchev–Trinajstić information content (AvgIpc) is 2.30. The molecule has 3 nitrogen and oxygen atoms in total. The fourth-order valence-corrected chi connectivity index (χ4v) is 3.33. The fraction of sp³-hybridized carbons (Fsp3) is 1.00. The van der Waals surface area contributed by atoms with Crippen molar-refractivity contribution < 1.29 is 4.74 Å². The lowest BCUT2D eigenvalue weighted by atomic mass is 9.64. The van der Waals surface area contributed by atoms with Crippen LogP contribution in [-0.4, -0.2) is 31.8 Å². The Balaban J connectivity index is 1.69. The monoisotopic (exact) mass is 240 g/mol. The van der Waals surface area contributed by atoms with Gasteiger partial charge in [-0.15, -0.1) is 0 Å². The predicted octanol–water partition coefficient (Wildman–Crippen LogP) is 1.91. The van der Waals surface area contributed by atoms with Gasteiger partial charge in [0.05, 0.1) is 6.10 Å². The standard InChI is InChI=1S/C14H28N2O/c1-14(2)12(8-13(14)17-3)16-9-10-4-6-11(15)7-5-10/h10-13,16H,4-9,15H2,1-3H3. The Morgan fingerprint density at radius 2 is 1.88 bits per heavy atom. The van der Waals surface area contributed by atoms with Gasteiger partial charge in [0.25, 0.3) is 0 Å². The Morgan fingerprint density at radius 1 is 1.24 bits per heavy atom. The van der Waals surface area contributed by atoms with Gasteiger partial charge >= 0.3 is 0 Å². The van der Waals surface area contributed by atoms with Gasteiger partial charge in [0, 0.05) is 24.6 Å². The van der Waals surface area contributed by atoms with E-state index in [2.05, 4.69) is 19.2 Å². The third-order valence-electron chi connectivity index (χ3n) is 5.01. The molecule has 2 atom stereocenters. The number of ether oxygens (including phenoxy) is 1. The quantitative estimate of drug-likeness (QED) is 0.789. The Morgan fingerprint density at radius 3 is 2.41 bits per heavy atom. The van der Waals surface area contributed by atoms with Crippen LogP contribution < -0.4 is 11.1 Å². The molecule has 2 saturated carbocycles. The average molecular weight is 240 g/mol. The van der Waals surface area contributed by atoms with Gasteiger partial charge in [-0.05, 0) is 44.6 Å². The summed E-state index contributed by atoms with van der Waals surface area (Å²) in [5, 5.41) is 3.74. The third-order valence-corrected chi connectivity index (χ3v) is 5.01. The zero-order valence-corrected chi connectivity index (χ0v) is 11.5. The lowest BCUT2D eigenvalue weighted by molar-refractivity contribution is -0.0983. The minimum atomic E-state index is 0.291. The number of hydrogen-bond acceptors (Lipinski definition) is 3. The van der Waals surface area contributed by atoms with Crippen molar-refractivity contribution in [2.45, 2.75) is 64.1 Å². The van der Waals surface area contributed by atoms with Gasteiger partial charge in [0.1, 0.15) is 0 Å². The number of rotatable bonds is 4.